The molecule has 1 unspecified atom stereocenters. The number of thioether (sulfide) groups is 1. The maximum atomic E-state index is 13.7. The quantitative estimate of drug-likeness (QED) is 0.377. The van der Waals surface area contributed by atoms with Crippen LogP contribution in [0.4, 0.5) is 4.39 Å². The Kier molecular flexibility index (Phi) is 8.83. The number of aromatic nitrogens is 2. The third-order valence-corrected chi connectivity index (χ3v) is 7.19. The molecule has 0 bridgehead atoms. The Morgan fingerprint density at radius 1 is 1.26 bits per heavy atom. The van der Waals surface area contributed by atoms with Gasteiger partial charge in [0, 0.05) is 35.2 Å². The summed E-state index contributed by atoms with van der Waals surface area (Å²) < 4.78 is 19.1. The van der Waals surface area contributed by atoms with E-state index >= 15 is 0 Å². The molecular weight excluding hydrogens is 498 g/mol. The number of piperidine rings is 1. The lowest BCUT2D eigenvalue weighted by atomic mass is 9.97. The van der Waals surface area contributed by atoms with Crippen LogP contribution in [0.2, 0.25) is 10.0 Å². The second-order valence-corrected chi connectivity index (χ2v) is 10.1. The van der Waals surface area contributed by atoms with E-state index in [2.05, 4.69) is 20.4 Å². The minimum Gasteiger partial charge on any atom is -0.355 e. The predicted octanol–water partition coefficient (Wildman–Crippen LogP) is 5.44. The molecule has 1 saturated heterocycles. The van der Waals surface area contributed by atoms with Crippen LogP contribution in [-0.4, -0.2) is 46.3 Å². The molecule has 0 spiro atoms. The molecule has 2 aromatic carbocycles. The number of nitrogens with one attached hydrogen (secondary N) is 1. The maximum absolute atomic E-state index is 13.7. The van der Waals surface area contributed by atoms with Crippen molar-refractivity contribution in [3.8, 4) is 11.4 Å². The van der Waals surface area contributed by atoms with Gasteiger partial charge >= 0.3 is 0 Å². The van der Waals surface area contributed by atoms with E-state index < -0.39 is 0 Å². The summed E-state index contributed by atoms with van der Waals surface area (Å²) >= 11 is 13.8. The molecule has 6 nitrogen and oxygen atoms in total. The maximum Gasteiger partial charge on any atom is 0.241 e. The van der Waals surface area contributed by atoms with Crippen LogP contribution in [0.1, 0.15) is 24.3 Å². The fraction of sp³-hybridized carbons (Fsp3) is 0.375. The molecule has 1 amide bonds. The van der Waals surface area contributed by atoms with Crippen molar-refractivity contribution in [3.05, 3.63) is 69.8 Å². The van der Waals surface area contributed by atoms with Crippen LogP contribution in [0, 0.1) is 11.7 Å². The van der Waals surface area contributed by atoms with Gasteiger partial charge < -0.3 is 9.84 Å². The Bertz CT molecular complexity index is 1130. The van der Waals surface area contributed by atoms with Crippen LogP contribution in [-0.2, 0) is 17.1 Å². The van der Waals surface area contributed by atoms with E-state index in [1.54, 1.807) is 42.1 Å². The van der Waals surface area contributed by atoms with E-state index in [1.807, 2.05) is 6.07 Å². The summed E-state index contributed by atoms with van der Waals surface area (Å²) in [5, 5.41) is 8.05. The summed E-state index contributed by atoms with van der Waals surface area (Å²) in [5.41, 5.74) is 1.34. The van der Waals surface area contributed by atoms with Gasteiger partial charge in [-0.1, -0.05) is 46.6 Å². The number of nitrogens with zero attached hydrogens (tertiary/aromatic N) is 3. The Morgan fingerprint density at radius 2 is 2.12 bits per heavy atom. The Labute approximate surface area is 212 Å². The molecule has 0 radical (unpaired) electrons. The second kappa shape index (κ2) is 12.0. The Morgan fingerprint density at radius 3 is 2.94 bits per heavy atom. The van der Waals surface area contributed by atoms with Crippen molar-refractivity contribution < 1.29 is 13.7 Å². The van der Waals surface area contributed by atoms with Crippen LogP contribution >= 0.6 is 35.0 Å². The van der Waals surface area contributed by atoms with Crippen molar-refractivity contribution in [2.75, 3.05) is 25.4 Å². The normalized spacial score (nSPS) is 16.5. The average molecular weight is 523 g/mol. The molecular formula is C24H25Cl2FN4O2S. The molecule has 0 aliphatic carbocycles. The number of amides is 1. The number of likely N-dealkylation sites (tertiary alicyclic amines) is 1. The standard InChI is InChI=1S/C24H25Cl2FN4O2S/c25-18-7-8-19(20(26)12-18)23-29-22(33-30-23)14-31-10-3-5-16(13-31)24(32)28-9-11-34-15-17-4-1-2-6-21(17)27/h1-2,4,6-8,12,16H,3,5,9-11,13-15H2,(H,28,32). The topological polar surface area (TPSA) is 71.3 Å². The van der Waals surface area contributed by atoms with Gasteiger partial charge in [0.2, 0.25) is 17.6 Å². The molecule has 1 N–H and O–H groups in total. The largest absolute Gasteiger partial charge is 0.355 e. The van der Waals surface area contributed by atoms with Crippen LogP contribution in [0.3, 0.4) is 0 Å². The van der Waals surface area contributed by atoms with Crippen molar-refractivity contribution in [3.63, 3.8) is 0 Å². The number of rotatable bonds is 9. The average Bonchev–Trinajstić information content (AvgIpc) is 3.28. The van der Waals surface area contributed by atoms with E-state index in [9.17, 15) is 9.18 Å². The van der Waals surface area contributed by atoms with E-state index in [4.69, 9.17) is 27.7 Å². The first kappa shape index (κ1) is 25.0. The van der Waals surface area contributed by atoms with Crippen LogP contribution in [0.5, 0.6) is 0 Å². The highest BCUT2D eigenvalue weighted by Gasteiger charge is 2.27. The fourth-order valence-corrected chi connectivity index (χ4v) is 5.23. The van der Waals surface area contributed by atoms with Crippen molar-refractivity contribution in [2.24, 2.45) is 5.92 Å². The van der Waals surface area contributed by atoms with Crippen molar-refractivity contribution in [1.29, 1.82) is 0 Å². The van der Waals surface area contributed by atoms with E-state index in [-0.39, 0.29) is 17.6 Å². The Balaban J connectivity index is 1.22. The molecule has 34 heavy (non-hydrogen) atoms. The molecule has 1 aliphatic rings. The van der Waals surface area contributed by atoms with Crippen molar-refractivity contribution in [2.45, 2.75) is 25.1 Å². The second-order valence-electron chi connectivity index (χ2n) is 8.15. The molecule has 1 atom stereocenters. The van der Waals surface area contributed by atoms with Crippen LogP contribution in [0.25, 0.3) is 11.4 Å². The lowest BCUT2D eigenvalue weighted by molar-refractivity contribution is -0.126. The first-order valence-corrected chi connectivity index (χ1v) is 13.0. The van der Waals surface area contributed by atoms with Gasteiger partial charge in [0.15, 0.2) is 0 Å². The van der Waals surface area contributed by atoms with Crippen LogP contribution in [0.15, 0.2) is 47.0 Å². The van der Waals surface area contributed by atoms with Gasteiger partial charge in [0.25, 0.3) is 0 Å². The van der Waals surface area contributed by atoms with Gasteiger partial charge in [-0.3, -0.25) is 9.69 Å². The summed E-state index contributed by atoms with van der Waals surface area (Å²) in [6.07, 6.45) is 1.77. The fourth-order valence-electron chi connectivity index (χ4n) is 3.89. The zero-order valence-corrected chi connectivity index (χ0v) is 20.8. The summed E-state index contributed by atoms with van der Waals surface area (Å²) in [7, 11) is 0. The minimum atomic E-state index is -0.189. The van der Waals surface area contributed by atoms with Crippen LogP contribution < -0.4 is 5.32 Å². The first-order valence-electron chi connectivity index (χ1n) is 11.1. The molecule has 0 saturated carbocycles. The van der Waals surface area contributed by atoms with E-state index in [0.717, 1.165) is 25.1 Å². The zero-order chi connectivity index (χ0) is 23.9. The first-order chi connectivity index (χ1) is 16.5. The lowest BCUT2D eigenvalue weighted by Crippen LogP contribution is -2.43. The molecule has 2 heterocycles. The predicted molar refractivity (Wildman–Crippen MR) is 133 cm³/mol. The minimum absolute atomic E-state index is 0.0513. The number of carbonyl (C=O) groups is 1. The Hall–Kier alpha value is -2.13. The molecule has 1 fully saturated rings. The zero-order valence-electron chi connectivity index (χ0n) is 18.5. The van der Waals surface area contributed by atoms with E-state index in [0.29, 0.717) is 58.3 Å². The SMILES string of the molecule is O=C(NCCSCc1ccccc1F)C1CCCN(Cc2nc(-c3ccc(Cl)cc3Cl)no2)C1. The summed E-state index contributed by atoms with van der Waals surface area (Å²) in [5.74, 6) is 1.99. The van der Waals surface area contributed by atoms with Crippen molar-refractivity contribution in [1.82, 2.24) is 20.4 Å². The lowest BCUT2D eigenvalue weighted by Gasteiger charge is -2.30. The highest BCUT2D eigenvalue weighted by molar-refractivity contribution is 7.98. The number of hydrogen-bond donors (Lipinski definition) is 1. The van der Waals surface area contributed by atoms with Gasteiger partial charge in [-0.25, -0.2) is 4.39 Å². The van der Waals surface area contributed by atoms with E-state index in [1.165, 1.54) is 6.07 Å². The third-order valence-electron chi connectivity index (χ3n) is 5.64. The van der Waals surface area contributed by atoms with Gasteiger partial charge in [-0.05, 0) is 49.2 Å². The molecule has 4 rings (SSSR count). The number of carbonyl (C=O) groups excluding carboxylic acids is 1. The number of halogens is 3. The molecule has 1 aromatic heterocycles. The highest BCUT2D eigenvalue weighted by Crippen LogP contribution is 2.28. The van der Waals surface area contributed by atoms with Gasteiger partial charge in [-0.15, -0.1) is 0 Å². The van der Waals surface area contributed by atoms with Gasteiger partial charge in [-0.2, -0.15) is 16.7 Å². The number of hydrogen-bond acceptors (Lipinski definition) is 6. The molecule has 1 aliphatic heterocycles. The monoisotopic (exact) mass is 522 g/mol. The molecule has 180 valence electrons. The van der Waals surface area contributed by atoms with Gasteiger partial charge in [0.05, 0.1) is 17.5 Å². The smallest absolute Gasteiger partial charge is 0.241 e. The molecule has 3 aromatic rings. The number of benzene rings is 2. The highest BCUT2D eigenvalue weighted by atomic mass is 35.5. The third kappa shape index (κ3) is 6.72. The molecule has 10 heteroatoms. The summed E-state index contributed by atoms with van der Waals surface area (Å²) in [6, 6.07) is 11.9. The summed E-state index contributed by atoms with van der Waals surface area (Å²) in [6.45, 7) is 2.53. The van der Waals surface area contributed by atoms with Gasteiger partial charge in [0.1, 0.15) is 5.82 Å². The summed E-state index contributed by atoms with van der Waals surface area (Å²) in [4.78, 5) is 19.3. The van der Waals surface area contributed by atoms with Crippen molar-refractivity contribution >= 4 is 40.9 Å².